The molecule has 0 aliphatic carbocycles. The zero-order chi connectivity index (χ0) is 18.4. The van der Waals surface area contributed by atoms with Crippen LogP contribution in [0.4, 0.5) is 0 Å². The summed E-state index contributed by atoms with van der Waals surface area (Å²) in [5.41, 5.74) is 0.740. The van der Waals surface area contributed by atoms with Crippen LogP contribution in [0.25, 0.3) is 0 Å². The summed E-state index contributed by atoms with van der Waals surface area (Å²) in [6.45, 7) is 0.285. The lowest BCUT2D eigenvalue weighted by atomic mass is 10.2. The zero-order valence-electron chi connectivity index (χ0n) is 14.1. The van der Waals surface area contributed by atoms with Gasteiger partial charge in [-0.1, -0.05) is 23.7 Å². The highest BCUT2D eigenvalue weighted by Gasteiger charge is 2.06. The normalized spacial score (nSPS) is 10.5. The summed E-state index contributed by atoms with van der Waals surface area (Å²) in [6, 6.07) is 16.4. The molecule has 0 bridgehead atoms. The van der Waals surface area contributed by atoms with Gasteiger partial charge in [0.15, 0.2) is 0 Å². The van der Waals surface area contributed by atoms with Crippen LogP contribution in [0.5, 0.6) is 11.5 Å². The van der Waals surface area contributed by atoms with E-state index in [-0.39, 0.29) is 17.8 Å². The van der Waals surface area contributed by atoms with Gasteiger partial charge in [0, 0.05) is 16.0 Å². The molecular weight excluding hydrogens is 372 g/mol. The molecule has 0 saturated heterocycles. The lowest BCUT2D eigenvalue weighted by Gasteiger charge is -2.07. The average molecular weight is 389 g/mol. The van der Waals surface area contributed by atoms with Crippen molar-refractivity contribution in [3.8, 4) is 11.5 Å². The van der Waals surface area contributed by atoms with E-state index in [1.165, 1.54) is 12.3 Å². The second-order valence-electron chi connectivity index (χ2n) is 5.45. The largest absolute Gasteiger partial charge is 0.497 e. The Kier molecular flexibility index (Phi) is 6.26. The van der Waals surface area contributed by atoms with Crippen LogP contribution in [0, 0.1) is 0 Å². The molecule has 0 radical (unpaired) electrons. The summed E-state index contributed by atoms with van der Waals surface area (Å²) in [5.74, 6) is 2.11. The third kappa shape index (κ3) is 5.07. The predicted octanol–water partition coefficient (Wildman–Crippen LogP) is 5.17. The topological polar surface area (TPSA) is 48.7 Å². The van der Waals surface area contributed by atoms with Crippen molar-refractivity contribution in [1.82, 2.24) is 0 Å². The van der Waals surface area contributed by atoms with Gasteiger partial charge in [-0.05, 0) is 42.0 Å². The number of hydrogen-bond acceptors (Lipinski definition) is 5. The first-order valence-electron chi connectivity index (χ1n) is 7.90. The van der Waals surface area contributed by atoms with Gasteiger partial charge in [-0.2, -0.15) is 0 Å². The van der Waals surface area contributed by atoms with Gasteiger partial charge < -0.3 is 13.9 Å². The van der Waals surface area contributed by atoms with Crippen molar-refractivity contribution < 1.29 is 13.9 Å². The van der Waals surface area contributed by atoms with Gasteiger partial charge in [-0.3, -0.25) is 4.79 Å². The van der Waals surface area contributed by atoms with Gasteiger partial charge in [0.25, 0.3) is 0 Å². The molecule has 3 aromatic rings. The van der Waals surface area contributed by atoms with Crippen LogP contribution in [-0.4, -0.2) is 7.11 Å². The number of rotatable bonds is 7. The Bertz CT molecular complexity index is 904. The molecule has 1 heterocycles. The van der Waals surface area contributed by atoms with Crippen LogP contribution < -0.4 is 14.9 Å². The Hall–Kier alpha value is -2.37. The zero-order valence-corrected chi connectivity index (χ0v) is 15.7. The van der Waals surface area contributed by atoms with Gasteiger partial charge in [-0.25, -0.2) is 0 Å². The molecule has 6 heteroatoms. The molecule has 3 rings (SSSR count). The summed E-state index contributed by atoms with van der Waals surface area (Å²) >= 11 is 7.43. The van der Waals surface area contributed by atoms with Crippen molar-refractivity contribution >= 4 is 23.4 Å². The van der Waals surface area contributed by atoms with E-state index in [4.69, 9.17) is 25.5 Å². The third-order valence-corrected chi connectivity index (χ3v) is 4.89. The molecule has 0 saturated carbocycles. The molecule has 26 heavy (non-hydrogen) atoms. The fourth-order valence-electron chi connectivity index (χ4n) is 2.19. The van der Waals surface area contributed by atoms with Crippen molar-refractivity contribution in [2.75, 3.05) is 7.11 Å². The second-order valence-corrected chi connectivity index (χ2v) is 6.94. The molecule has 0 atom stereocenters. The molecule has 0 unspecified atom stereocenters. The minimum atomic E-state index is -0.198. The number of ether oxygens (including phenoxy) is 2. The average Bonchev–Trinajstić information content (AvgIpc) is 2.67. The highest BCUT2D eigenvalue weighted by Crippen LogP contribution is 2.24. The van der Waals surface area contributed by atoms with E-state index in [2.05, 4.69) is 0 Å². The van der Waals surface area contributed by atoms with Crippen molar-refractivity contribution in [1.29, 1.82) is 0 Å². The minimum absolute atomic E-state index is 0.195. The Morgan fingerprint density at radius 1 is 1.08 bits per heavy atom. The number of halogens is 1. The van der Waals surface area contributed by atoms with Gasteiger partial charge in [0.2, 0.25) is 11.2 Å². The molecule has 1 aromatic heterocycles. The number of methoxy groups -OCH3 is 1. The Morgan fingerprint density at radius 3 is 2.46 bits per heavy atom. The maximum absolute atomic E-state index is 12.2. The second kappa shape index (κ2) is 8.83. The molecule has 0 fully saturated rings. The Labute approximate surface area is 160 Å². The number of thioether (sulfide) groups is 1. The van der Waals surface area contributed by atoms with Crippen molar-refractivity contribution in [3.05, 3.63) is 87.4 Å². The SMILES string of the molecule is COc1ccc(COc2coc(CSc3ccc(Cl)cc3)cc2=O)cc1. The molecule has 134 valence electrons. The van der Waals surface area contributed by atoms with E-state index in [9.17, 15) is 4.79 Å². The fraction of sp³-hybridized carbons (Fsp3) is 0.150. The number of benzene rings is 2. The van der Waals surface area contributed by atoms with Crippen LogP contribution in [-0.2, 0) is 12.4 Å². The van der Waals surface area contributed by atoms with Crippen LogP contribution in [0.3, 0.4) is 0 Å². The van der Waals surface area contributed by atoms with Gasteiger partial charge in [0.1, 0.15) is 24.4 Å². The summed E-state index contributed by atoms with van der Waals surface area (Å²) < 4.78 is 16.2. The van der Waals surface area contributed by atoms with Crippen LogP contribution in [0.1, 0.15) is 11.3 Å². The standard InChI is InChI=1S/C20H17ClO4S/c1-23-16-6-2-14(3-7-16)11-25-20-12-24-17(10-19(20)22)13-26-18-8-4-15(21)5-9-18/h2-10,12H,11,13H2,1H3. The fourth-order valence-corrected chi connectivity index (χ4v) is 3.10. The lowest BCUT2D eigenvalue weighted by Crippen LogP contribution is -2.07. The number of hydrogen-bond donors (Lipinski definition) is 0. The van der Waals surface area contributed by atoms with E-state index in [0.717, 1.165) is 16.2 Å². The van der Waals surface area contributed by atoms with Crippen molar-refractivity contribution in [3.63, 3.8) is 0 Å². The molecule has 2 aromatic carbocycles. The van der Waals surface area contributed by atoms with E-state index >= 15 is 0 Å². The third-order valence-electron chi connectivity index (χ3n) is 3.60. The molecule has 0 aliphatic heterocycles. The monoisotopic (exact) mass is 388 g/mol. The molecular formula is C20H17ClO4S. The summed E-state index contributed by atoms with van der Waals surface area (Å²) in [5, 5.41) is 0.694. The maximum atomic E-state index is 12.2. The molecule has 0 amide bonds. The highest BCUT2D eigenvalue weighted by atomic mass is 35.5. The van der Waals surface area contributed by atoms with Crippen LogP contribution in [0.2, 0.25) is 5.02 Å². The minimum Gasteiger partial charge on any atom is -0.497 e. The van der Waals surface area contributed by atoms with E-state index in [1.54, 1.807) is 18.9 Å². The predicted molar refractivity (Wildman–Crippen MR) is 103 cm³/mol. The first-order chi connectivity index (χ1) is 12.6. The Balaban J connectivity index is 1.58. The van der Waals surface area contributed by atoms with Crippen molar-refractivity contribution in [2.24, 2.45) is 0 Å². The summed E-state index contributed by atoms with van der Waals surface area (Å²) in [7, 11) is 1.61. The lowest BCUT2D eigenvalue weighted by molar-refractivity contribution is 0.290. The quantitative estimate of drug-likeness (QED) is 0.522. The van der Waals surface area contributed by atoms with Gasteiger partial charge in [-0.15, -0.1) is 11.8 Å². The summed E-state index contributed by atoms with van der Waals surface area (Å²) in [4.78, 5) is 13.2. The summed E-state index contributed by atoms with van der Waals surface area (Å²) in [6.07, 6.45) is 1.36. The maximum Gasteiger partial charge on any atom is 0.227 e. The van der Waals surface area contributed by atoms with E-state index in [1.807, 2.05) is 48.5 Å². The smallest absolute Gasteiger partial charge is 0.227 e. The van der Waals surface area contributed by atoms with Crippen LogP contribution in [0.15, 0.2) is 75.0 Å². The molecule has 0 spiro atoms. The van der Waals surface area contributed by atoms with E-state index in [0.29, 0.717) is 16.5 Å². The molecule has 0 N–H and O–H groups in total. The molecule has 0 aliphatic rings. The molecule has 4 nitrogen and oxygen atoms in total. The van der Waals surface area contributed by atoms with E-state index < -0.39 is 0 Å². The van der Waals surface area contributed by atoms with Gasteiger partial charge >= 0.3 is 0 Å². The highest BCUT2D eigenvalue weighted by molar-refractivity contribution is 7.98. The Morgan fingerprint density at radius 2 is 1.81 bits per heavy atom. The first kappa shape index (κ1) is 18.4. The van der Waals surface area contributed by atoms with Crippen molar-refractivity contribution in [2.45, 2.75) is 17.3 Å². The first-order valence-corrected chi connectivity index (χ1v) is 9.26. The van der Waals surface area contributed by atoms with Gasteiger partial charge in [0.05, 0.1) is 12.9 Å². The van der Waals surface area contributed by atoms with Crippen LogP contribution >= 0.6 is 23.4 Å².